The van der Waals surface area contributed by atoms with Crippen LogP contribution in [-0.4, -0.2) is 53.7 Å². The van der Waals surface area contributed by atoms with Gasteiger partial charge in [-0.2, -0.15) is 0 Å². The minimum atomic E-state index is -0.740. The molecule has 194 valence electrons. The number of benzene rings is 1. The van der Waals surface area contributed by atoms with Crippen molar-refractivity contribution in [1.29, 1.82) is 0 Å². The summed E-state index contributed by atoms with van der Waals surface area (Å²) in [4.78, 5) is 31.8. The second-order valence-corrected chi connectivity index (χ2v) is 12.4. The van der Waals surface area contributed by atoms with Crippen LogP contribution in [0.4, 0.5) is 5.69 Å². The van der Waals surface area contributed by atoms with Gasteiger partial charge < -0.3 is 20.7 Å². The summed E-state index contributed by atoms with van der Waals surface area (Å²) < 4.78 is 6.02. The third kappa shape index (κ3) is 5.45. The largest absolute Gasteiger partial charge is 0.368 e. The molecule has 7 nitrogen and oxygen atoms in total. The van der Waals surface area contributed by atoms with E-state index in [1.807, 2.05) is 44.2 Å². The number of nitrogens with one attached hydrogen (secondary N) is 1. The van der Waals surface area contributed by atoms with Gasteiger partial charge in [-0.15, -0.1) is 11.3 Å². The number of fused-ring (bicyclic) bond motifs is 3. The molecule has 8 heteroatoms. The molecule has 2 aliphatic heterocycles. The summed E-state index contributed by atoms with van der Waals surface area (Å²) in [7, 11) is 0. The van der Waals surface area contributed by atoms with Crippen LogP contribution in [0, 0.1) is 5.92 Å². The Morgan fingerprint density at radius 1 is 1.19 bits per heavy atom. The Bertz CT molecular complexity index is 1090. The van der Waals surface area contributed by atoms with Crippen LogP contribution < -0.4 is 16.0 Å². The molecule has 1 aromatic carbocycles. The van der Waals surface area contributed by atoms with Gasteiger partial charge in [-0.3, -0.25) is 14.5 Å². The zero-order chi connectivity index (χ0) is 25.4. The topological polar surface area (TPSA) is 87.9 Å². The van der Waals surface area contributed by atoms with Crippen LogP contribution in [0.2, 0.25) is 0 Å². The number of amides is 2. The van der Waals surface area contributed by atoms with Crippen molar-refractivity contribution < 1.29 is 14.3 Å². The van der Waals surface area contributed by atoms with E-state index in [9.17, 15) is 9.59 Å². The van der Waals surface area contributed by atoms with Crippen LogP contribution in [0.1, 0.15) is 56.0 Å². The number of thiophene rings is 1. The number of carbonyl (C=O) groups is 2. The number of hydrogen-bond donors (Lipinski definition) is 2. The number of piperidine rings is 1. The van der Waals surface area contributed by atoms with Gasteiger partial charge in [0.25, 0.3) is 0 Å². The average Bonchev–Trinajstić information content (AvgIpc) is 3.57. The maximum atomic E-state index is 13.4. The van der Waals surface area contributed by atoms with Crippen molar-refractivity contribution in [3.63, 3.8) is 0 Å². The Kier molecular flexibility index (Phi) is 7.12. The Morgan fingerprint density at radius 3 is 2.69 bits per heavy atom. The lowest BCUT2D eigenvalue weighted by Gasteiger charge is -2.36. The molecule has 3 aliphatic rings. The molecule has 2 amide bonds. The average molecular weight is 511 g/mol. The molecule has 3 N–H and O–H groups in total. The molecule has 3 heterocycles. The van der Waals surface area contributed by atoms with Crippen LogP contribution >= 0.6 is 11.3 Å². The van der Waals surface area contributed by atoms with Crippen LogP contribution in [0.15, 0.2) is 35.7 Å². The van der Waals surface area contributed by atoms with E-state index in [4.69, 9.17) is 10.5 Å². The van der Waals surface area contributed by atoms with Crippen molar-refractivity contribution in [3.8, 4) is 0 Å². The lowest BCUT2D eigenvalue weighted by molar-refractivity contribution is -0.138. The lowest BCUT2D eigenvalue weighted by Crippen LogP contribution is -2.56. The molecule has 2 fully saturated rings. The number of nitrogens with zero attached hydrogens (tertiary/aromatic N) is 2. The first kappa shape index (κ1) is 25.2. The molecule has 1 aliphatic carbocycles. The Balaban J connectivity index is 1.22. The van der Waals surface area contributed by atoms with E-state index in [2.05, 4.69) is 38.7 Å². The normalized spacial score (nSPS) is 24.5. The SMILES string of the molecule is CC(C)(C)OCN1[C@@H]2CC[C@@H](C2)[C@H]1C(=O)NC(Cc1ccc(N2CCc3sccc3C2)cc1)C(N)=O. The lowest BCUT2D eigenvalue weighted by atomic mass is 9.97. The van der Waals surface area contributed by atoms with Crippen molar-refractivity contribution in [3.05, 3.63) is 51.7 Å². The molecule has 0 radical (unpaired) electrons. The number of primary amides is 1. The zero-order valence-electron chi connectivity index (χ0n) is 21.5. The highest BCUT2D eigenvalue weighted by Gasteiger charge is 2.49. The van der Waals surface area contributed by atoms with E-state index >= 15 is 0 Å². The number of ether oxygens (including phenoxy) is 1. The van der Waals surface area contributed by atoms with Crippen LogP contribution in [0.3, 0.4) is 0 Å². The summed E-state index contributed by atoms with van der Waals surface area (Å²) in [5.41, 5.74) is 9.04. The first-order valence-electron chi connectivity index (χ1n) is 13.1. The first-order chi connectivity index (χ1) is 17.2. The van der Waals surface area contributed by atoms with Crippen molar-refractivity contribution in [1.82, 2.24) is 10.2 Å². The third-order valence-corrected chi connectivity index (χ3v) is 8.87. The van der Waals surface area contributed by atoms with Gasteiger partial charge in [0, 0.05) is 36.1 Å². The van der Waals surface area contributed by atoms with Gasteiger partial charge in [0.15, 0.2) is 0 Å². The van der Waals surface area contributed by atoms with Gasteiger partial charge in [0.05, 0.1) is 11.6 Å². The fraction of sp³-hybridized carbons (Fsp3) is 0.571. The molecule has 1 aromatic heterocycles. The number of rotatable bonds is 8. The number of likely N-dealkylation sites (tertiary alicyclic amines) is 1. The fourth-order valence-electron chi connectivity index (χ4n) is 5.92. The Labute approximate surface area is 218 Å². The van der Waals surface area contributed by atoms with Crippen molar-refractivity contribution >= 4 is 28.8 Å². The van der Waals surface area contributed by atoms with Crippen LogP contribution in [0.25, 0.3) is 0 Å². The summed E-state index contributed by atoms with van der Waals surface area (Å²) in [6, 6.07) is 9.87. The zero-order valence-corrected chi connectivity index (χ0v) is 22.4. The molecule has 2 aromatic rings. The predicted octanol–water partition coefficient (Wildman–Crippen LogP) is 3.45. The van der Waals surface area contributed by atoms with E-state index in [-0.39, 0.29) is 17.6 Å². The van der Waals surface area contributed by atoms with E-state index in [1.165, 1.54) is 16.1 Å². The maximum Gasteiger partial charge on any atom is 0.240 e. The second-order valence-electron chi connectivity index (χ2n) is 11.4. The predicted molar refractivity (Wildman–Crippen MR) is 143 cm³/mol. The molecule has 4 atom stereocenters. The van der Waals surface area contributed by atoms with Gasteiger partial charge in [-0.05, 0) is 87.1 Å². The van der Waals surface area contributed by atoms with Crippen LogP contribution in [0.5, 0.6) is 0 Å². The number of hydrogen-bond acceptors (Lipinski definition) is 6. The smallest absolute Gasteiger partial charge is 0.240 e. The minimum absolute atomic E-state index is 0.111. The maximum absolute atomic E-state index is 13.4. The van der Waals surface area contributed by atoms with Crippen molar-refractivity contribution in [2.45, 2.75) is 83.1 Å². The van der Waals surface area contributed by atoms with Crippen LogP contribution in [-0.2, 0) is 33.7 Å². The molecule has 1 saturated carbocycles. The van der Waals surface area contributed by atoms with Gasteiger partial charge >= 0.3 is 0 Å². The van der Waals surface area contributed by atoms with Crippen molar-refractivity contribution in [2.75, 3.05) is 18.2 Å². The number of carbonyl (C=O) groups excluding carboxylic acids is 2. The molecular weight excluding hydrogens is 472 g/mol. The monoisotopic (exact) mass is 510 g/mol. The molecule has 1 saturated heterocycles. The number of anilines is 1. The van der Waals surface area contributed by atoms with Gasteiger partial charge in [-0.25, -0.2) is 0 Å². The van der Waals surface area contributed by atoms with E-state index in [1.54, 1.807) is 0 Å². The van der Waals surface area contributed by atoms with E-state index < -0.39 is 11.9 Å². The van der Waals surface area contributed by atoms with Gasteiger partial charge in [0.1, 0.15) is 12.8 Å². The molecule has 2 bridgehead atoms. The highest BCUT2D eigenvalue weighted by Crippen LogP contribution is 2.42. The fourth-order valence-corrected chi connectivity index (χ4v) is 6.81. The first-order valence-corrected chi connectivity index (χ1v) is 13.9. The number of nitrogens with two attached hydrogens (primary N) is 1. The highest BCUT2D eigenvalue weighted by molar-refractivity contribution is 7.10. The van der Waals surface area contributed by atoms with Gasteiger partial charge in [0.2, 0.25) is 11.8 Å². The van der Waals surface area contributed by atoms with E-state index in [0.717, 1.165) is 44.3 Å². The van der Waals surface area contributed by atoms with E-state index in [0.29, 0.717) is 25.1 Å². The third-order valence-electron chi connectivity index (χ3n) is 7.84. The standard InChI is InChI=1S/C28H38N4O3S/c1-28(2,3)35-17-32-22-9-6-19(15-22)25(32)27(34)30-23(26(29)33)14-18-4-7-21(8-5-18)31-12-10-24-20(16-31)11-13-36-24/h4-5,7-8,11,13,19,22-23,25H,6,9-10,12,14-17H2,1-3H3,(H2,29,33)(H,30,34)/t19-,22+,23?,25-/m0/s1. The Hall–Kier alpha value is -2.42. The minimum Gasteiger partial charge on any atom is -0.368 e. The summed E-state index contributed by atoms with van der Waals surface area (Å²) in [5, 5.41) is 5.15. The summed E-state index contributed by atoms with van der Waals surface area (Å²) >= 11 is 1.84. The van der Waals surface area contributed by atoms with Crippen molar-refractivity contribution in [2.24, 2.45) is 11.7 Å². The Morgan fingerprint density at radius 2 is 1.97 bits per heavy atom. The summed E-state index contributed by atoms with van der Waals surface area (Å²) in [6.45, 7) is 8.43. The molecule has 5 rings (SSSR count). The van der Waals surface area contributed by atoms with Gasteiger partial charge in [-0.1, -0.05) is 12.1 Å². The molecule has 1 unspecified atom stereocenters. The summed E-state index contributed by atoms with van der Waals surface area (Å²) in [6.07, 6.45) is 4.61. The molecule has 36 heavy (non-hydrogen) atoms. The summed E-state index contributed by atoms with van der Waals surface area (Å²) in [5.74, 6) is -0.311. The molecular formula is C28H38N4O3S. The quantitative estimate of drug-likeness (QED) is 0.568. The highest BCUT2D eigenvalue weighted by atomic mass is 32.1. The molecule has 0 spiro atoms. The second kappa shape index (κ2) is 10.1.